The Bertz CT molecular complexity index is 408. The van der Waals surface area contributed by atoms with Crippen molar-refractivity contribution in [1.29, 1.82) is 0 Å². The van der Waals surface area contributed by atoms with Crippen molar-refractivity contribution in [2.24, 2.45) is 5.73 Å². The molecule has 0 saturated heterocycles. The molecule has 0 amide bonds. The van der Waals surface area contributed by atoms with E-state index in [0.29, 0.717) is 0 Å². The lowest BCUT2D eigenvalue weighted by atomic mass is 10.2. The zero-order valence-corrected chi connectivity index (χ0v) is 14.0. The van der Waals surface area contributed by atoms with E-state index in [2.05, 4.69) is 69.6 Å². The highest BCUT2D eigenvalue weighted by Gasteiger charge is 2.29. The van der Waals surface area contributed by atoms with E-state index in [4.69, 9.17) is 5.73 Å². The van der Waals surface area contributed by atoms with E-state index in [1.165, 1.54) is 16.1 Å². The maximum absolute atomic E-state index is 6.49. The second-order valence-corrected chi connectivity index (χ2v) is 16.7. The average molecular weight is 264 g/mol. The van der Waals surface area contributed by atoms with E-state index in [-0.39, 0.29) is 0 Å². The number of benzene rings is 1. The number of nitrogens with two attached hydrogens (primary N) is 1. The highest BCUT2D eigenvalue weighted by atomic mass is 28.3. The van der Waals surface area contributed by atoms with Gasteiger partial charge in [-0.2, -0.15) is 0 Å². The van der Waals surface area contributed by atoms with Gasteiger partial charge in [0.2, 0.25) is 0 Å². The fraction of sp³-hybridized carbons (Fsp3) is 0.429. The molecule has 1 aromatic carbocycles. The molecule has 0 bridgehead atoms. The minimum atomic E-state index is -1.42. The number of hydrogen-bond donors (Lipinski definition) is 1. The molecule has 0 unspecified atom stereocenters. The highest BCUT2D eigenvalue weighted by molar-refractivity contribution is 6.97. The summed E-state index contributed by atoms with van der Waals surface area (Å²) < 4.78 is 0. The summed E-state index contributed by atoms with van der Waals surface area (Å²) in [6, 6.07) is 10.7. The first-order valence-electron chi connectivity index (χ1n) is 6.20. The minimum absolute atomic E-state index is 1.18. The molecule has 0 fully saturated rings. The average Bonchev–Trinajstić information content (AvgIpc) is 2.15. The van der Waals surface area contributed by atoms with Gasteiger partial charge in [0.15, 0.2) is 0 Å². The predicted molar refractivity (Wildman–Crippen MR) is 84.2 cm³/mol. The van der Waals surface area contributed by atoms with Crippen LogP contribution in [0.15, 0.2) is 35.7 Å². The standard InChI is InChI=1S/C14H25NSi2/c1-16(2,3)13(14(15)17(4,5)6)12-10-8-7-9-11-12/h7-11H,15H2,1-6H3. The van der Waals surface area contributed by atoms with Gasteiger partial charge in [-0.3, -0.25) is 0 Å². The zero-order chi connectivity index (χ0) is 13.3. The maximum atomic E-state index is 6.49. The molecule has 3 heteroatoms. The van der Waals surface area contributed by atoms with Crippen LogP contribution in [0.1, 0.15) is 5.56 Å². The van der Waals surface area contributed by atoms with Crippen molar-refractivity contribution in [3.8, 4) is 0 Å². The van der Waals surface area contributed by atoms with Gasteiger partial charge in [0, 0.05) is 0 Å². The second kappa shape index (κ2) is 4.82. The van der Waals surface area contributed by atoms with E-state index in [9.17, 15) is 0 Å². The fourth-order valence-electron chi connectivity index (χ4n) is 1.97. The van der Waals surface area contributed by atoms with Crippen LogP contribution in [0.25, 0.3) is 5.20 Å². The lowest BCUT2D eigenvalue weighted by molar-refractivity contribution is 1.44. The van der Waals surface area contributed by atoms with Crippen LogP contribution in [0, 0.1) is 0 Å². The van der Waals surface area contributed by atoms with E-state index >= 15 is 0 Å². The summed E-state index contributed by atoms with van der Waals surface area (Å²) in [7, 11) is -2.84. The summed E-state index contributed by atoms with van der Waals surface area (Å²) in [5, 5.41) is 2.64. The smallest absolute Gasteiger partial charge is 0.0973 e. The molecule has 0 aliphatic rings. The Morgan fingerprint density at radius 3 is 1.65 bits per heavy atom. The fourth-order valence-corrected chi connectivity index (χ4v) is 6.96. The third kappa shape index (κ3) is 3.58. The molecule has 1 nitrogen and oxygen atoms in total. The lowest BCUT2D eigenvalue weighted by Crippen LogP contribution is -2.36. The number of hydrogen-bond acceptors (Lipinski definition) is 1. The molecule has 0 radical (unpaired) electrons. The molecule has 0 aromatic heterocycles. The van der Waals surface area contributed by atoms with Gasteiger partial charge in [-0.25, -0.2) is 0 Å². The van der Waals surface area contributed by atoms with Crippen LogP contribution in [0.5, 0.6) is 0 Å². The van der Waals surface area contributed by atoms with Crippen molar-refractivity contribution >= 4 is 21.3 Å². The van der Waals surface area contributed by atoms with E-state index < -0.39 is 16.1 Å². The summed E-state index contributed by atoms with van der Waals surface area (Å²) in [6.07, 6.45) is 0. The van der Waals surface area contributed by atoms with Crippen molar-refractivity contribution in [2.75, 3.05) is 0 Å². The monoisotopic (exact) mass is 263 g/mol. The first-order valence-corrected chi connectivity index (χ1v) is 13.2. The zero-order valence-electron chi connectivity index (χ0n) is 12.0. The normalized spacial score (nSPS) is 14.5. The van der Waals surface area contributed by atoms with Gasteiger partial charge in [0.25, 0.3) is 0 Å². The van der Waals surface area contributed by atoms with Gasteiger partial charge >= 0.3 is 0 Å². The SMILES string of the molecule is C[Si](C)(C)C(N)=C(c1ccccc1)[Si](C)(C)C. The number of rotatable bonds is 3. The maximum Gasteiger partial charge on any atom is 0.0973 e. The van der Waals surface area contributed by atoms with Crippen molar-refractivity contribution in [3.63, 3.8) is 0 Å². The van der Waals surface area contributed by atoms with Gasteiger partial charge in [-0.05, 0) is 16.1 Å². The second-order valence-electron chi connectivity index (χ2n) is 6.65. The Hall–Kier alpha value is -0.806. The Morgan fingerprint density at radius 1 is 0.824 bits per heavy atom. The lowest BCUT2D eigenvalue weighted by Gasteiger charge is -2.29. The van der Waals surface area contributed by atoms with Crippen molar-refractivity contribution in [1.82, 2.24) is 0 Å². The van der Waals surface area contributed by atoms with Crippen LogP contribution < -0.4 is 5.73 Å². The van der Waals surface area contributed by atoms with Crippen LogP contribution in [0.4, 0.5) is 0 Å². The van der Waals surface area contributed by atoms with Gasteiger partial charge < -0.3 is 5.73 Å². The van der Waals surface area contributed by atoms with Crippen LogP contribution in [0.2, 0.25) is 39.3 Å². The van der Waals surface area contributed by atoms with Crippen molar-refractivity contribution < 1.29 is 0 Å². The van der Waals surface area contributed by atoms with Crippen molar-refractivity contribution in [2.45, 2.75) is 39.3 Å². The first-order chi connectivity index (χ1) is 7.64. The third-order valence-electron chi connectivity index (χ3n) is 2.89. The van der Waals surface area contributed by atoms with Gasteiger partial charge in [-0.1, -0.05) is 69.6 Å². The van der Waals surface area contributed by atoms with Gasteiger partial charge in [-0.15, -0.1) is 0 Å². The molecule has 1 aromatic rings. The molecule has 94 valence electrons. The van der Waals surface area contributed by atoms with E-state index in [0.717, 1.165) is 0 Å². The van der Waals surface area contributed by atoms with E-state index in [1.807, 2.05) is 0 Å². The van der Waals surface area contributed by atoms with Gasteiger partial charge in [0.1, 0.15) is 0 Å². The summed E-state index contributed by atoms with van der Waals surface area (Å²) in [6.45, 7) is 14.1. The molecular formula is C14H25NSi2. The van der Waals surface area contributed by atoms with Crippen LogP contribution in [-0.4, -0.2) is 16.1 Å². The van der Waals surface area contributed by atoms with E-state index in [1.54, 1.807) is 0 Å². The quantitative estimate of drug-likeness (QED) is 0.816. The highest BCUT2D eigenvalue weighted by Crippen LogP contribution is 2.30. The Kier molecular flexibility index (Phi) is 4.04. The van der Waals surface area contributed by atoms with Crippen LogP contribution in [0.3, 0.4) is 0 Å². The summed E-state index contributed by atoms with van der Waals surface area (Å²) >= 11 is 0. The van der Waals surface area contributed by atoms with Gasteiger partial charge in [0.05, 0.1) is 16.1 Å². The van der Waals surface area contributed by atoms with Crippen LogP contribution >= 0.6 is 0 Å². The molecule has 0 saturated carbocycles. The predicted octanol–water partition coefficient (Wildman–Crippen LogP) is 4.11. The molecular weight excluding hydrogens is 238 g/mol. The molecule has 0 heterocycles. The first kappa shape index (κ1) is 14.3. The Morgan fingerprint density at radius 2 is 1.29 bits per heavy atom. The third-order valence-corrected chi connectivity index (χ3v) is 7.06. The van der Waals surface area contributed by atoms with Crippen LogP contribution in [-0.2, 0) is 0 Å². The molecule has 0 aliphatic heterocycles. The molecule has 0 spiro atoms. The Balaban J connectivity index is 3.44. The summed E-state index contributed by atoms with van der Waals surface area (Å²) in [4.78, 5) is 0. The Labute approximate surface area is 108 Å². The molecule has 2 N–H and O–H groups in total. The minimum Gasteiger partial charge on any atom is -0.406 e. The largest absolute Gasteiger partial charge is 0.406 e. The molecule has 0 atom stereocenters. The summed E-state index contributed by atoms with van der Waals surface area (Å²) in [5.41, 5.74) is 7.81. The molecule has 1 rings (SSSR count). The molecule has 0 aliphatic carbocycles. The topological polar surface area (TPSA) is 26.0 Å². The summed E-state index contributed by atoms with van der Waals surface area (Å²) in [5.74, 6) is 0. The molecule has 17 heavy (non-hydrogen) atoms. The van der Waals surface area contributed by atoms with Crippen molar-refractivity contribution in [3.05, 3.63) is 41.2 Å².